The Balaban J connectivity index is 2.67. The van der Waals surface area contributed by atoms with Crippen LogP contribution >= 0.6 is 11.8 Å². The zero-order chi connectivity index (χ0) is 13.6. The van der Waals surface area contributed by atoms with Crippen LogP contribution in [0, 0.1) is 5.92 Å². The molecule has 1 atom stereocenters. The van der Waals surface area contributed by atoms with Crippen LogP contribution in [-0.2, 0) is 9.59 Å². The Morgan fingerprint density at radius 1 is 1.33 bits per heavy atom. The molecule has 1 aliphatic rings. The van der Waals surface area contributed by atoms with E-state index in [-0.39, 0.29) is 11.8 Å². The molecule has 0 saturated carbocycles. The second-order valence-electron chi connectivity index (χ2n) is 4.95. The number of rotatable bonds is 7. The fraction of sp³-hybridized carbons (Fsp3) is 0.846. The average molecular weight is 273 g/mol. The highest BCUT2D eigenvalue weighted by molar-refractivity contribution is 7.99. The molecule has 1 rings (SSSR count). The average Bonchev–Trinajstić information content (AvgIpc) is 2.78. The molecule has 104 valence electrons. The molecule has 0 radical (unpaired) electrons. The summed E-state index contributed by atoms with van der Waals surface area (Å²) in [6.07, 6.45) is 4.11. The van der Waals surface area contributed by atoms with E-state index >= 15 is 0 Å². The van der Waals surface area contributed by atoms with E-state index in [2.05, 4.69) is 5.32 Å². The fourth-order valence-electron chi connectivity index (χ4n) is 2.33. The van der Waals surface area contributed by atoms with Gasteiger partial charge in [-0.3, -0.25) is 4.79 Å². The Hall–Kier alpha value is -0.710. The Morgan fingerprint density at radius 3 is 2.33 bits per heavy atom. The summed E-state index contributed by atoms with van der Waals surface area (Å²) in [7, 11) is 0. The van der Waals surface area contributed by atoms with Crippen molar-refractivity contribution in [2.75, 3.05) is 11.5 Å². The van der Waals surface area contributed by atoms with Gasteiger partial charge in [-0.25, -0.2) is 4.79 Å². The van der Waals surface area contributed by atoms with Gasteiger partial charge in [-0.15, -0.1) is 0 Å². The van der Waals surface area contributed by atoms with Gasteiger partial charge >= 0.3 is 5.97 Å². The van der Waals surface area contributed by atoms with Crippen molar-refractivity contribution < 1.29 is 14.7 Å². The molecular formula is C13H23NO3S. The van der Waals surface area contributed by atoms with Crippen molar-refractivity contribution >= 4 is 23.6 Å². The minimum Gasteiger partial charge on any atom is -0.479 e. The predicted octanol–water partition coefficient (Wildman–Crippen LogP) is 2.28. The quantitative estimate of drug-likeness (QED) is 0.747. The maximum atomic E-state index is 12.2. The second-order valence-corrected chi connectivity index (χ2v) is 6.06. The predicted molar refractivity (Wildman–Crippen MR) is 73.8 cm³/mol. The van der Waals surface area contributed by atoms with Gasteiger partial charge in [0.1, 0.15) is 5.54 Å². The smallest absolute Gasteiger partial charge is 0.330 e. The normalized spacial score (nSPS) is 23.3. The number of carboxylic acids is 1. The standard InChI is InChI=1S/C13H23NO3S/c1-3-5-10(6-4-2)11(15)14-13(12(16)17)7-8-18-9-13/h10H,3-9H2,1-2H3,(H,14,15)(H,16,17). The van der Waals surface area contributed by atoms with Crippen LogP contribution in [-0.4, -0.2) is 34.0 Å². The molecule has 1 saturated heterocycles. The van der Waals surface area contributed by atoms with E-state index in [0.717, 1.165) is 31.4 Å². The molecule has 0 bridgehead atoms. The molecule has 1 fully saturated rings. The lowest BCUT2D eigenvalue weighted by Crippen LogP contribution is -2.56. The van der Waals surface area contributed by atoms with E-state index < -0.39 is 11.5 Å². The van der Waals surface area contributed by atoms with Gasteiger partial charge in [-0.05, 0) is 25.0 Å². The van der Waals surface area contributed by atoms with E-state index in [4.69, 9.17) is 0 Å². The Labute approximate surface area is 113 Å². The third kappa shape index (κ3) is 3.64. The summed E-state index contributed by atoms with van der Waals surface area (Å²) < 4.78 is 0. The molecule has 5 heteroatoms. The molecule has 0 aromatic carbocycles. The molecule has 1 heterocycles. The fourth-order valence-corrected chi connectivity index (χ4v) is 3.65. The first kappa shape index (κ1) is 15.3. The SMILES string of the molecule is CCCC(CCC)C(=O)NC1(C(=O)O)CCSC1. The first-order chi connectivity index (χ1) is 8.55. The number of nitrogens with one attached hydrogen (secondary N) is 1. The number of thioether (sulfide) groups is 1. The van der Waals surface area contributed by atoms with Gasteiger partial charge in [0.2, 0.25) is 5.91 Å². The van der Waals surface area contributed by atoms with Crippen LogP contribution < -0.4 is 5.32 Å². The van der Waals surface area contributed by atoms with Crippen molar-refractivity contribution in [3.63, 3.8) is 0 Å². The first-order valence-corrected chi connectivity index (χ1v) is 7.84. The third-order valence-corrected chi connectivity index (χ3v) is 4.63. The number of carbonyl (C=O) groups is 2. The minimum absolute atomic E-state index is 0.0400. The number of amides is 1. The van der Waals surface area contributed by atoms with Gasteiger partial charge in [0.15, 0.2) is 0 Å². The highest BCUT2D eigenvalue weighted by atomic mass is 32.2. The number of carboxylic acid groups (broad SMARTS) is 1. The Kier molecular flexibility index (Phi) is 5.99. The molecule has 4 nitrogen and oxygen atoms in total. The van der Waals surface area contributed by atoms with Crippen LogP contribution in [0.4, 0.5) is 0 Å². The molecular weight excluding hydrogens is 250 g/mol. The largest absolute Gasteiger partial charge is 0.479 e. The van der Waals surface area contributed by atoms with Gasteiger partial charge in [0.25, 0.3) is 0 Å². The topological polar surface area (TPSA) is 66.4 Å². The third-order valence-electron chi connectivity index (χ3n) is 3.44. The maximum Gasteiger partial charge on any atom is 0.330 e. The monoisotopic (exact) mass is 273 g/mol. The Morgan fingerprint density at radius 2 is 1.94 bits per heavy atom. The molecule has 1 amide bonds. The molecule has 0 aliphatic carbocycles. The second kappa shape index (κ2) is 7.02. The molecule has 0 aromatic rings. The summed E-state index contributed by atoms with van der Waals surface area (Å²) in [5.74, 6) is 0.274. The lowest BCUT2D eigenvalue weighted by molar-refractivity contribution is -0.147. The van der Waals surface area contributed by atoms with Crippen LogP contribution in [0.5, 0.6) is 0 Å². The van der Waals surface area contributed by atoms with E-state index in [1.807, 2.05) is 13.8 Å². The zero-order valence-electron chi connectivity index (χ0n) is 11.2. The Bertz CT molecular complexity index is 295. The van der Waals surface area contributed by atoms with Gasteiger partial charge in [-0.2, -0.15) is 11.8 Å². The molecule has 1 aliphatic heterocycles. The summed E-state index contributed by atoms with van der Waals surface area (Å²) in [5.41, 5.74) is -1.03. The van der Waals surface area contributed by atoms with E-state index in [0.29, 0.717) is 12.2 Å². The van der Waals surface area contributed by atoms with Gasteiger partial charge in [-0.1, -0.05) is 26.7 Å². The summed E-state index contributed by atoms with van der Waals surface area (Å²) in [6, 6.07) is 0. The zero-order valence-corrected chi connectivity index (χ0v) is 12.0. The van der Waals surface area contributed by atoms with Crippen LogP contribution in [0.1, 0.15) is 46.0 Å². The molecule has 1 unspecified atom stereocenters. The van der Waals surface area contributed by atoms with Gasteiger partial charge < -0.3 is 10.4 Å². The summed E-state index contributed by atoms with van der Waals surface area (Å²) in [4.78, 5) is 23.6. The minimum atomic E-state index is -1.03. The van der Waals surface area contributed by atoms with Crippen molar-refractivity contribution in [1.29, 1.82) is 0 Å². The number of hydrogen-bond acceptors (Lipinski definition) is 3. The summed E-state index contributed by atoms with van der Waals surface area (Å²) in [6.45, 7) is 4.10. The van der Waals surface area contributed by atoms with Crippen molar-refractivity contribution in [3.8, 4) is 0 Å². The lowest BCUT2D eigenvalue weighted by atomic mass is 9.93. The summed E-state index contributed by atoms with van der Waals surface area (Å²) in [5, 5.41) is 12.1. The maximum absolute atomic E-state index is 12.2. The van der Waals surface area contributed by atoms with Crippen LogP contribution in [0.2, 0.25) is 0 Å². The van der Waals surface area contributed by atoms with E-state index in [1.54, 1.807) is 11.8 Å². The molecule has 0 spiro atoms. The van der Waals surface area contributed by atoms with E-state index in [9.17, 15) is 14.7 Å². The number of carbonyl (C=O) groups excluding carboxylic acids is 1. The highest BCUT2D eigenvalue weighted by Crippen LogP contribution is 2.29. The van der Waals surface area contributed by atoms with Crippen molar-refractivity contribution in [2.24, 2.45) is 5.92 Å². The van der Waals surface area contributed by atoms with Gasteiger partial charge in [0.05, 0.1) is 0 Å². The molecule has 2 N–H and O–H groups in total. The van der Waals surface area contributed by atoms with Crippen LogP contribution in [0.3, 0.4) is 0 Å². The number of aliphatic carboxylic acids is 1. The molecule has 0 aromatic heterocycles. The summed E-state index contributed by atoms with van der Waals surface area (Å²) >= 11 is 1.59. The van der Waals surface area contributed by atoms with Crippen molar-refractivity contribution in [3.05, 3.63) is 0 Å². The van der Waals surface area contributed by atoms with Crippen LogP contribution in [0.25, 0.3) is 0 Å². The van der Waals surface area contributed by atoms with Gasteiger partial charge in [0, 0.05) is 11.7 Å². The van der Waals surface area contributed by atoms with Crippen molar-refractivity contribution in [2.45, 2.75) is 51.5 Å². The number of hydrogen-bond donors (Lipinski definition) is 2. The molecule has 18 heavy (non-hydrogen) atoms. The van der Waals surface area contributed by atoms with Crippen LogP contribution in [0.15, 0.2) is 0 Å². The lowest BCUT2D eigenvalue weighted by Gasteiger charge is -2.27. The van der Waals surface area contributed by atoms with Crippen molar-refractivity contribution in [1.82, 2.24) is 5.32 Å². The highest BCUT2D eigenvalue weighted by Gasteiger charge is 2.43. The first-order valence-electron chi connectivity index (χ1n) is 6.69. The van der Waals surface area contributed by atoms with E-state index in [1.165, 1.54) is 0 Å².